The number of hydrogen-bond donors (Lipinski definition) is 2. The predicted molar refractivity (Wildman–Crippen MR) is 79.0 cm³/mol. The Hall–Kier alpha value is -2.89. The highest BCUT2D eigenvalue weighted by molar-refractivity contribution is 5.97. The molecule has 0 spiro atoms. The maximum Gasteiger partial charge on any atom is 0.252 e. The maximum atomic E-state index is 11.5. The quantitative estimate of drug-likeness (QED) is 0.822. The van der Waals surface area contributed by atoms with Gasteiger partial charge in [0.15, 0.2) is 17.2 Å². The van der Waals surface area contributed by atoms with Gasteiger partial charge in [-0.05, 0) is 24.3 Å². The Morgan fingerprint density at radius 2 is 1.52 bits per heavy atom. The highest BCUT2D eigenvalue weighted by Gasteiger charge is 2.18. The van der Waals surface area contributed by atoms with Gasteiger partial charge in [-0.3, -0.25) is 4.79 Å². The standard InChI is InChI=1S/C15H16N2O4/c1-19-11-7-4-8-12(20-2)14(11)21-13-9(15(17)18)5-3-6-10(13)16/h3-8H,16H2,1-2H3,(H2,17,18). The van der Waals surface area contributed by atoms with Gasteiger partial charge in [-0.25, -0.2) is 0 Å². The van der Waals surface area contributed by atoms with Crippen molar-refractivity contribution in [3.63, 3.8) is 0 Å². The van der Waals surface area contributed by atoms with E-state index in [2.05, 4.69) is 0 Å². The van der Waals surface area contributed by atoms with E-state index in [9.17, 15) is 4.79 Å². The molecule has 0 saturated heterocycles. The van der Waals surface area contributed by atoms with Gasteiger partial charge in [-0.1, -0.05) is 12.1 Å². The fourth-order valence-corrected chi connectivity index (χ4v) is 1.88. The summed E-state index contributed by atoms with van der Waals surface area (Å²) in [6.07, 6.45) is 0. The van der Waals surface area contributed by atoms with Crippen LogP contribution in [0.1, 0.15) is 10.4 Å². The summed E-state index contributed by atoms with van der Waals surface area (Å²) in [5.41, 5.74) is 11.7. The molecule has 21 heavy (non-hydrogen) atoms. The third-order valence-electron chi connectivity index (χ3n) is 2.90. The van der Waals surface area contributed by atoms with E-state index in [1.165, 1.54) is 20.3 Å². The number of methoxy groups -OCH3 is 2. The van der Waals surface area contributed by atoms with Crippen LogP contribution in [0, 0.1) is 0 Å². The van der Waals surface area contributed by atoms with Gasteiger partial charge in [0.1, 0.15) is 0 Å². The van der Waals surface area contributed by atoms with Gasteiger partial charge in [0.25, 0.3) is 5.91 Å². The molecule has 6 nitrogen and oxygen atoms in total. The number of rotatable bonds is 5. The first-order valence-electron chi connectivity index (χ1n) is 6.15. The van der Waals surface area contributed by atoms with Crippen LogP contribution in [0.2, 0.25) is 0 Å². The highest BCUT2D eigenvalue weighted by Crippen LogP contribution is 2.42. The summed E-state index contributed by atoms with van der Waals surface area (Å²) < 4.78 is 16.2. The van der Waals surface area contributed by atoms with E-state index in [0.29, 0.717) is 22.9 Å². The number of primary amides is 1. The molecule has 0 saturated carbocycles. The largest absolute Gasteiger partial charge is 0.493 e. The van der Waals surface area contributed by atoms with E-state index in [1.807, 2.05) is 0 Å². The van der Waals surface area contributed by atoms with Crippen LogP contribution >= 0.6 is 0 Å². The van der Waals surface area contributed by atoms with Crippen molar-refractivity contribution >= 4 is 11.6 Å². The summed E-state index contributed by atoms with van der Waals surface area (Å²) in [6, 6.07) is 9.96. The molecular formula is C15H16N2O4. The van der Waals surface area contributed by atoms with Crippen molar-refractivity contribution in [2.45, 2.75) is 0 Å². The Kier molecular flexibility index (Phi) is 4.18. The van der Waals surface area contributed by atoms with Crippen LogP contribution in [0.5, 0.6) is 23.0 Å². The van der Waals surface area contributed by atoms with E-state index >= 15 is 0 Å². The van der Waals surface area contributed by atoms with Gasteiger partial charge in [0.2, 0.25) is 5.75 Å². The number of amides is 1. The van der Waals surface area contributed by atoms with E-state index in [4.69, 9.17) is 25.7 Å². The molecule has 0 aliphatic heterocycles. The van der Waals surface area contributed by atoms with Crippen molar-refractivity contribution in [1.82, 2.24) is 0 Å². The average molecular weight is 288 g/mol. The average Bonchev–Trinajstić information content (AvgIpc) is 2.49. The van der Waals surface area contributed by atoms with Crippen molar-refractivity contribution in [2.24, 2.45) is 5.73 Å². The fourth-order valence-electron chi connectivity index (χ4n) is 1.88. The van der Waals surface area contributed by atoms with E-state index in [1.54, 1.807) is 30.3 Å². The number of nitrogen functional groups attached to an aromatic ring is 1. The molecule has 0 fully saturated rings. The minimum absolute atomic E-state index is 0.174. The van der Waals surface area contributed by atoms with Gasteiger partial charge >= 0.3 is 0 Å². The van der Waals surface area contributed by atoms with Crippen LogP contribution in [0.3, 0.4) is 0 Å². The summed E-state index contributed by atoms with van der Waals surface area (Å²) in [5.74, 6) is 0.767. The summed E-state index contributed by atoms with van der Waals surface area (Å²) >= 11 is 0. The van der Waals surface area contributed by atoms with Crippen LogP contribution in [0.25, 0.3) is 0 Å². The molecule has 0 aliphatic carbocycles. The Morgan fingerprint density at radius 3 is 2.05 bits per heavy atom. The first-order chi connectivity index (χ1) is 10.1. The van der Waals surface area contributed by atoms with Crippen molar-refractivity contribution < 1.29 is 19.0 Å². The van der Waals surface area contributed by atoms with Crippen LogP contribution in [-0.2, 0) is 0 Å². The van der Waals surface area contributed by atoms with Gasteiger partial charge in [0.05, 0.1) is 25.5 Å². The van der Waals surface area contributed by atoms with Gasteiger partial charge in [-0.15, -0.1) is 0 Å². The molecule has 4 N–H and O–H groups in total. The second-order valence-corrected chi connectivity index (χ2v) is 4.18. The number of carbonyl (C=O) groups is 1. The van der Waals surface area contributed by atoms with E-state index < -0.39 is 5.91 Å². The van der Waals surface area contributed by atoms with Gasteiger partial charge in [0, 0.05) is 0 Å². The molecule has 0 radical (unpaired) electrons. The van der Waals surface area contributed by atoms with Gasteiger partial charge in [-0.2, -0.15) is 0 Å². The fraction of sp³-hybridized carbons (Fsp3) is 0.133. The number of ether oxygens (including phenoxy) is 3. The Morgan fingerprint density at radius 1 is 0.952 bits per heavy atom. The van der Waals surface area contributed by atoms with Crippen LogP contribution < -0.4 is 25.7 Å². The summed E-state index contributed by atoms with van der Waals surface area (Å²) in [4.78, 5) is 11.5. The number of carbonyl (C=O) groups excluding carboxylic acids is 1. The van der Waals surface area contributed by atoms with Crippen LogP contribution in [0.4, 0.5) is 5.69 Å². The second-order valence-electron chi connectivity index (χ2n) is 4.18. The third kappa shape index (κ3) is 2.84. The summed E-state index contributed by atoms with van der Waals surface area (Å²) in [7, 11) is 3.01. The normalized spacial score (nSPS) is 10.0. The SMILES string of the molecule is COc1cccc(OC)c1Oc1c(N)cccc1C(N)=O. The molecule has 0 unspecified atom stereocenters. The molecular weight excluding hydrogens is 272 g/mol. The predicted octanol–water partition coefficient (Wildman–Crippen LogP) is 2.18. The zero-order valence-corrected chi connectivity index (χ0v) is 11.8. The molecule has 0 aliphatic rings. The number of para-hydroxylation sites is 2. The molecule has 2 rings (SSSR count). The molecule has 2 aromatic rings. The van der Waals surface area contributed by atoms with Crippen molar-refractivity contribution in [3.05, 3.63) is 42.0 Å². The minimum Gasteiger partial charge on any atom is -0.493 e. The Labute approximate surface area is 122 Å². The highest BCUT2D eigenvalue weighted by atomic mass is 16.5. The molecule has 0 atom stereocenters. The molecule has 110 valence electrons. The number of anilines is 1. The third-order valence-corrected chi connectivity index (χ3v) is 2.90. The first kappa shape index (κ1) is 14.5. The van der Waals surface area contributed by atoms with Gasteiger partial charge < -0.3 is 25.7 Å². The maximum absolute atomic E-state index is 11.5. The molecule has 6 heteroatoms. The first-order valence-corrected chi connectivity index (χ1v) is 6.15. The summed E-state index contributed by atoms with van der Waals surface area (Å²) in [5, 5.41) is 0. The topological polar surface area (TPSA) is 96.8 Å². The lowest BCUT2D eigenvalue weighted by atomic mass is 10.1. The monoisotopic (exact) mass is 288 g/mol. The Balaban J connectivity index is 2.55. The lowest BCUT2D eigenvalue weighted by Gasteiger charge is -2.16. The lowest BCUT2D eigenvalue weighted by Crippen LogP contribution is -2.13. The molecule has 2 aromatic carbocycles. The lowest BCUT2D eigenvalue weighted by molar-refractivity contribution is 0.0998. The van der Waals surface area contributed by atoms with Crippen molar-refractivity contribution in [2.75, 3.05) is 20.0 Å². The minimum atomic E-state index is -0.633. The zero-order valence-electron chi connectivity index (χ0n) is 11.8. The summed E-state index contributed by atoms with van der Waals surface area (Å²) in [6.45, 7) is 0. The van der Waals surface area contributed by atoms with Crippen molar-refractivity contribution in [3.8, 4) is 23.0 Å². The number of benzene rings is 2. The second kappa shape index (κ2) is 6.04. The Bertz CT molecular complexity index is 648. The number of nitrogens with two attached hydrogens (primary N) is 2. The molecule has 1 amide bonds. The van der Waals surface area contributed by atoms with E-state index in [-0.39, 0.29) is 11.3 Å². The number of hydrogen-bond acceptors (Lipinski definition) is 5. The van der Waals surface area contributed by atoms with E-state index in [0.717, 1.165) is 0 Å². The smallest absolute Gasteiger partial charge is 0.252 e. The zero-order chi connectivity index (χ0) is 15.4. The molecule has 0 heterocycles. The van der Waals surface area contributed by atoms with Crippen LogP contribution in [-0.4, -0.2) is 20.1 Å². The molecule has 0 bridgehead atoms. The van der Waals surface area contributed by atoms with Crippen LogP contribution in [0.15, 0.2) is 36.4 Å². The van der Waals surface area contributed by atoms with Crippen molar-refractivity contribution in [1.29, 1.82) is 0 Å². The molecule has 0 aromatic heterocycles.